The van der Waals surface area contributed by atoms with Gasteiger partial charge in [-0.2, -0.15) is 0 Å². The molecule has 2 amide bonds. The smallest absolute Gasteiger partial charge is 0.323 e. The number of hydrogen-bond acceptors (Lipinski definition) is 5. The van der Waals surface area contributed by atoms with Crippen molar-refractivity contribution in [2.75, 3.05) is 33.9 Å². The summed E-state index contributed by atoms with van der Waals surface area (Å²) < 4.78 is 0. The number of benzene rings is 2. The Morgan fingerprint density at radius 3 is 2.30 bits per heavy atom. The van der Waals surface area contributed by atoms with Gasteiger partial charge in [0.2, 0.25) is 0 Å². The maximum absolute atomic E-state index is 12.2. The summed E-state index contributed by atoms with van der Waals surface area (Å²) in [5, 5.41) is 9.29. The Morgan fingerprint density at radius 1 is 0.967 bits per heavy atom. The number of nitrogens with one attached hydrogen (secondary N) is 3. The molecule has 0 aliphatic carbocycles. The highest BCUT2D eigenvalue weighted by atomic mass is 35.5. The van der Waals surface area contributed by atoms with Crippen molar-refractivity contribution in [3.8, 4) is 0 Å². The van der Waals surface area contributed by atoms with Gasteiger partial charge >= 0.3 is 6.03 Å². The molecule has 2 aromatic carbocycles. The van der Waals surface area contributed by atoms with Gasteiger partial charge in [0, 0.05) is 30.5 Å². The third-order valence-electron chi connectivity index (χ3n) is 4.45. The molecule has 3 N–H and O–H groups in total. The van der Waals surface area contributed by atoms with Gasteiger partial charge in [0.05, 0.1) is 10.7 Å². The zero-order valence-corrected chi connectivity index (χ0v) is 18.0. The highest BCUT2D eigenvalue weighted by molar-refractivity contribution is 6.33. The maximum Gasteiger partial charge on any atom is 0.323 e. The lowest BCUT2D eigenvalue weighted by Gasteiger charge is -2.20. The molecule has 0 fully saturated rings. The monoisotopic (exact) mass is 424 g/mol. The molecule has 8 heteroatoms. The first kappa shape index (κ1) is 21.4. The van der Waals surface area contributed by atoms with E-state index in [1.54, 1.807) is 18.2 Å². The van der Waals surface area contributed by atoms with Crippen molar-refractivity contribution >= 4 is 46.3 Å². The van der Waals surface area contributed by atoms with E-state index in [9.17, 15) is 4.79 Å². The van der Waals surface area contributed by atoms with E-state index < -0.39 is 0 Å². The predicted molar refractivity (Wildman–Crippen MR) is 124 cm³/mol. The van der Waals surface area contributed by atoms with Crippen LogP contribution in [0.15, 0.2) is 54.6 Å². The third kappa shape index (κ3) is 5.61. The van der Waals surface area contributed by atoms with Gasteiger partial charge in [-0.3, -0.25) is 0 Å². The Hall–Kier alpha value is -3.32. The van der Waals surface area contributed by atoms with Crippen LogP contribution in [0, 0.1) is 6.92 Å². The van der Waals surface area contributed by atoms with Gasteiger partial charge in [-0.15, -0.1) is 0 Å². The molecule has 3 aromatic rings. The van der Waals surface area contributed by atoms with Crippen molar-refractivity contribution in [1.82, 2.24) is 9.97 Å². The van der Waals surface area contributed by atoms with Crippen LogP contribution in [0.4, 0.5) is 33.5 Å². The van der Waals surface area contributed by atoms with Gasteiger partial charge in [0.1, 0.15) is 17.5 Å². The van der Waals surface area contributed by atoms with Crippen LogP contribution < -0.4 is 20.9 Å². The average Bonchev–Trinajstić information content (AvgIpc) is 2.72. The summed E-state index contributed by atoms with van der Waals surface area (Å²) in [5.41, 5.74) is 2.07. The number of amides is 2. The molecule has 0 bridgehead atoms. The van der Waals surface area contributed by atoms with Gasteiger partial charge in [-0.05, 0) is 57.2 Å². The number of carbonyl (C=O) groups is 1. The molecule has 1 heterocycles. The van der Waals surface area contributed by atoms with Crippen LogP contribution in [-0.4, -0.2) is 29.1 Å². The first-order chi connectivity index (χ1) is 14.5. The number of rotatable bonds is 7. The highest BCUT2D eigenvalue weighted by Gasteiger charge is 2.09. The van der Waals surface area contributed by atoms with Gasteiger partial charge in [0.15, 0.2) is 0 Å². The summed E-state index contributed by atoms with van der Waals surface area (Å²) >= 11 is 6.07. The topological polar surface area (TPSA) is 82.2 Å². The molecular formula is C22H25ClN6O. The number of anilines is 5. The SMILES string of the molecule is CCN(CC)c1cc(Nc2ccc(NC(=O)Nc3ccccc3Cl)cc2)nc(C)n1. The van der Waals surface area contributed by atoms with E-state index in [4.69, 9.17) is 11.6 Å². The fourth-order valence-corrected chi connectivity index (χ4v) is 3.14. The first-order valence-corrected chi connectivity index (χ1v) is 10.2. The fourth-order valence-electron chi connectivity index (χ4n) is 2.96. The zero-order chi connectivity index (χ0) is 21.5. The Kier molecular flexibility index (Phi) is 7.08. The fraction of sp³-hybridized carbons (Fsp3) is 0.227. The van der Waals surface area contributed by atoms with Gasteiger partial charge in [-0.1, -0.05) is 23.7 Å². The zero-order valence-electron chi connectivity index (χ0n) is 17.2. The van der Waals surface area contributed by atoms with Crippen molar-refractivity contribution < 1.29 is 4.79 Å². The molecule has 0 aliphatic heterocycles. The van der Waals surface area contributed by atoms with Crippen molar-refractivity contribution in [1.29, 1.82) is 0 Å². The Morgan fingerprint density at radius 2 is 1.63 bits per heavy atom. The summed E-state index contributed by atoms with van der Waals surface area (Å²) in [5.74, 6) is 2.32. The average molecular weight is 425 g/mol. The summed E-state index contributed by atoms with van der Waals surface area (Å²) in [6.07, 6.45) is 0. The number of aromatic nitrogens is 2. The second-order valence-corrected chi connectivity index (χ2v) is 7.00. The van der Waals surface area contributed by atoms with Crippen LogP contribution in [0.5, 0.6) is 0 Å². The van der Waals surface area contributed by atoms with E-state index in [-0.39, 0.29) is 6.03 Å². The molecule has 3 rings (SSSR count). The predicted octanol–water partition coefficient (Wildman–Crippen LogP) is 5.67. The van der Waals surface area contributed by atoms with Crippen LogP contribution in [0.2, 0.25) is 5.02 Å². The lowest BCUT2D eigenvalue weighted by atomic mass is 10.2. The molecule has 0 aliphatic rings. The largest absolute Gasteiger partial charge is 0.357 e. The van der Waals surface area contributed by atoms with E-state index in [1.165, 1.54) is 0 Å². The molecule has 0 atom stereocenters. The Labute approximate surface area is 181 Å². The normalized spacial score (nSPS) is 10.4. The molecular weight excluding hydrogens is 400 g/mol. The Balaban J connectivity index is 1.65. The van der Waals surface area contributed by atoms with Crippen LogP contribution >= 0.6 is 11.6 Å². The standard InChI is InChI=1S/C22H25ClN6O/c1-4-29(5-2)21-14-20(24-15(3)25-21)26-16-10-12-17(13-11-16)27-22(30)28-19-9-7-6-8-18(19)23/h6-14H,4-5H2,1-3H3,(H,24,25,26)(H2,27,28,30). The van der Waals surface area contributed by atoms with Crippen LogP contribution in [-0.2, 0) is 0 Å². The molecule has 0 saturated heterocycles. The lowest BCUT2D eigenvalue weighted by molar-refractivity contribution is 0.262. The van der Waals surface area contributed by atoms with Crippen molar-refractivity contribution in [2.45, 2.75) is 20.8 Å². The number of carbonyl (C=O) groups excluding carboxylic acids is 1. The van der Waals surface area contributed by atoms with Crippen molar-refractivity contribution in [2.24, 2.45) is 0 Å². The molecule has 1 aromatic heterocycles. The van der Waals surface area contributed by atoms with Crippen LogP contribution in [0.25, 0.3) is 0 Å². The molecule has 0 radical (unpaired) electrons. The Bertz CT molecular complexity index is 1000. The van der Waals surface area contributed by atoms with Crippen LogP contribution in [0.3, 0.4) is 0 Å². The van der Waals surface area contributed by atoms with Gasteiger partial charge in [0.25, 0.3) is 0 Å². The van der Waals surface area contributed by atoms with Crippen LogP contribution in [0.1, 0.15) is 19.7 Å². The second-order valence-electron chi connectivity index (χ2n) is 6.59. The van der Waals surface area contributed by atoms with E-state index in [1.807, 2.05) is 43.3 Å². The number of aryl methyl sites for hydroxylation is 1. The molecule has 30 heavy (non-hydrogen) atoms. The van der Waals surface area contributed by atoms with Gasteiger partial charge in [-0.25, -0.2) is 14.8 Å². The molecule has 0 spiro atoms. The summed E-state index contributed by atoms with van der Waals surface area (Å²) in [4.78, 5) is 23.3. The minimum absolute atomic E-state index is 0.362. The van der Waals surface area contributed by atoms with Gasteiger partial charge < -0.3 is 20.9 Å². The highest BCUT2D eigenvalue weighted by Crippen LogP contribution is 2.23. The molecule has 0 saturated carbocycles. The van der Waals surface area contributed by atoms with E-state index in [0.29, 0.717) is 22.2 Å². The molecule has 7 nitrogen and oxygen atoms in total. The van der Waals surface area contributed by atoms with E-state index >= 15 is 0 Å². The number of urea groups is 1. The summed E-state index contributed by atoms with van der Waals surface area (Å²) in [6.45, 7) is 7.83. The third-order valence-corrected chi connectivity index (χ3v) is 4.78. The second kappa shape index (κ2) is 9.93. The quantitative estimate of drug-likeness (QED) is 0.455. The maximum atomic E-state index is 12.2. The number of para-hydroxylation sites is 1. The minimum Gasteiger partial charge on any atom is -0.357 e. The molecule has 0 unspecified atom stereocenters. The minimum atomic E-state index is -0.362. The molecule has 156 valence electrons. The first-order valence-electron chi connectivity index (χ1n) is 9.78. The van der Waals surface area contributed by atoms with Crippen molar-refractivity contribution in [3.63, 3.8) is 0 Å². The number of hydrogen-bond donors (Lipinski definition) is 3. The number of halogens is 1. The lowest BCUT2D eigenvalue weighted by Crippen LogP contribution is -2.23. The summed E-state index contributed by atoms with van der Waals surface area (Å²) in [7, 11) is 0. The van der Waals surface area contributed by atoms with E-state index in [2.05, 4.69) is 44.7 Å². The summed E-state index contributed by atoms with van der Waals surface area (Å²) in [6, 6.07) is 16.0. The van der Waals surface area contributed by atoms with Crippen molar-refractivity contribution in [3.05, 3.63) is 65.4 Å². The van der Waals surface area contributed by atoms with E-state index in [0.717, 1.165) is 30.4 Å². The number of nitrogens with zero attached hydrogens (tertiary/aromatic N) is 3.